The number of halogens is 1. The number of amides is 1. The van der Waals surface area contributed by atoms with Gasteiger partial charge in [0.2, 0.25) is 0 Å². The Morgan fingerprint density at radius 2 is 2.00 bits per heavy atom. The van der Waals surface area contributed by atoms with Crippen LogP contribution in [0.1, 0.15) is 10.5 Å². The van der Waals surface area contributed by atoms with E-state index in [-0.39, 0.29) is 11.4 Å². The Bertz CT molecular complexity index is 1350. The van der Waals surface area contributed by atoms with Crippen molar-refractivity contribution in [2.24, 2.45) is 0 Å². The molecular weight excluding hydrogens is 387 g/mol. The highest BCUT2D eigenvalue weighted by Crippen LogP contribution is 2.23. The van der Waals surface area contributed by atoms with Crippen molar-refractivity contribution in [2.75, 3.05) is 5.32 Å². The lowest BCUT2D eigenvalue weighted by molar-refractivity contribution is 0.102. The third-order valence-electron chi connectivity index (χ3n) is 4.42. The molecular formula is C20H13FN8O. The van der Waals surface area contributed by atoms with Gasteiger partial charge >= 0.3 is 0 Å². The Morgan fingerprint density at radius 3 is 2.80 bits per heavy atom. The number of hydrogen-bond acceptors (Lipinski definition) is 6. The Hall–Kier alpha value is -4.47. The second-order valence-corrected chi connectivity index (χ2v) is 6.36. The molecule has 5 rings (SSSR count). The molecule has 0 spiro atoms. The van der Waals surface area contributed by atoms with Gasteiger partial charge in [-0.3, -0.25) is 9.89 Å². The SMILES string of the molecule is O=C(Nc1cc2nc(-c3ccccc3)nn2cc1F)c1[nH]ncc1-c1cccnn1. The van der Waals surface area contributed by atoms with Crippen LogP contribution >= 0.6 is 0 Å². The van der Waals surface area contributed by atoms with Crippen molar-refractivity contribution < 1.29 is 9.18 Å². The highest BCUT2D eigenvalue weighted by molar-refractivity contribution is 6.07. The zero-order chi connectivity index (χ0) is 20.5. The van der Waals surface area contributed by atoms with Crippen molar-refractivity contribution in [3.8, 4) is 22.6 Å². The van der Waals surface area contributed by atoms with Crippen molar-refractivity contribution in [3.63, 3.8) is 0 Å². The second-order valence-electron chi connectivity index (χ2n) is 6.36. The van der Waals surface area contributed by atoms with Crippen LogP contribution in [-0.4, -0.2) is 40.9 Å². The normalized spacial score (nSPS) is 11.0. The number of aromatic amines is 1. The molecule has 0 saturated heterocycles. The predicted molar refractivity (Wildman–Crippen MR) is 106 cm³/mol. The Kier molecular flexibility index (Phi) is 4.21. The zero-order valence-corrected chi connectivity index (χ0v) is 15.3. The van der Waals surface area contributed by atoms with Gasteiger partial charge in [0.05, 0.1) is 29.3 Å². The molecule has 5 aromatic rings. The van der Waals surface area contributed by atoms with Gasteiger partial charge in [0.1, 0.15) is 5.69 Å². The maximum absolute atomic E-state index is 14.6. The fourth-order valence-corrected chi connectivity index (χ4v) is 2.99. The molecule has 0 atom stereocenters. The quantitative estimate of drug-likeness (QED) is 0.479. The smallest absolute Gasteiger partial charge is 0.274 e. The van der Waals surface area contributed by atoms with Gasteiger partial charge in [0.25, 0.3) is 5.91 Å². The highest BCUT2D eigenvalue weighted by atomic mass is 19.1. The van der Waals surface area contributed by atoms with Crippen LogP contribution in [0.15, 0.2) is 67.1 Å². The van der Waals surface area contributed by atoms with Crippen LogP contribution in [0.25, 0.3) is 28.3 Å². The van der Waals surface area contributed by atoms with Gasteiger partial charge in [-0.15, -0.1) is 5.10 Å². The van der Waals surface area contributed by atoms with E-state index >= 15 is 0 Å². The number of rotatable bonds is 4. The number of nitrogens with zero attached hydrogens (tertiary/aromatic N) is 6. The minimum Gasteiger partial charge on any atom is -0.318 e. The van der Waals surface area contributed by atoms with Crippen LogP contribution in [0.4, 0.5) is 10.1 Å². The molecule has 146 valence electrons. The molecule has 2 N–H and O–H groups in total. The van der Waals surface area contributed by atoms with E-state index < -0.39 is 11.7 Å². The molecule has 4 aromatic heterocycles. The number of hydrogen-bond donors (Lipinski definition) is 2. The van der Waals surface area contributed by atoms with Gasteiger partial charge in [-0.05, 0) is 12.1 Å². The number of carbonyl (C=O) groups is 1. The van der Waals surface area contributed by atoms with Gasteiger partial charge in [0.15, 0.2) is 17.3 Å². The second kappa shape index (κ2) is 7.17. The molecule has 1 amide bonds. The molecule has 4 heterocycles. The van der Waals surface area contributed by atoms with Gasteiger partial charge in [-0.25, -0.2) is 13.9 Å². The summed E-state index contributed by atoms with van der Waals surface area (Å²) in [7, 11) is 0. The molecule has 0 radical (unpaired) electrons. The maximum atomic E-state index is 14.6. The largest absolute Gasteiger partial charge is 0.318 e. The summed E-state index contributed by atoms with van der Waals surface area (Å²) in [6.07, 6.45) is 4.15. The van der Waals surface area contributed by atoms with Crippen LogP contribution in [0, 0.1) is 5.82 Å². The lowest BCUT2D eigenvalue weighted by atomic mass is 10.1. The number of benzene rings is 1. The maximum Gasteiger partial charge on any atom is 0.274 e. The van der Waals surface area contributed by atoms with Gasteiger partial charge in [-0.1, -0.05) is 30.3 Å². The number of fused-ring (bicyclic) bond motifs is 1. The van der Waals surface area contributed by atoms with Crippen LogP contribution < -0.4 is 5.32 Å². The van der Waals surface area contributed by atoms with Gasteiger partial charge in [0, 0.05) is 17.8 Å². The van der Waals surface area contributed by atoms with Crippen molar-refractivity contribution >= 4 is 17.2 Å². The summed E-state index contributed by atoms with van der Waals surface area (Å²) >= 11 is 0. The van der Waals surface area contributed by atoms with Crippen molar-refractivity contribution in [3.05, 3.63) is 78.6 Å². The molecule has 1 aromatic carbocycles. The molecule has 0 unspecified atom stereocenters. The third kappa shape index (κ3) is 3.15. The van der Waals surface area contributed by atoms with Crippen molar-refractivity contribution in [2.45, 2.75) is 0 Å². The van der Waals surface area contributed by atoms with E-state index in [1.54, 1.807) is 12.1 Å². The molecule has 0 aliphatic heterocycles. The first kappa shape index (κ1) is 17.6. The van der Waals surface area contributed by atoms with Crippen LogP contribution in [0.3, 0.4) is 0 Å². The van der Waals surface area contributed by atoms with Crippen LogP contribution in [-0.2, 0) is 0 Å². The summed E-state index contributed by atoms with van der Waals surface area (Å²) in [6.45, 7) is 0. The number of pyridine rings is 1. The fourth-order valence-electron chi connectivity index (χ4n) is 2.99. The molecule has 9 nitrogen and oxygen atoms in total. The first-order valence-corrected chi connectivity index (χ1v) is 8.93. The molecule has 30 heavy (non-hydrogen) atoms. The number of aromatic nitrogens is 7. The Balaban J connectivity index is 1.47. The van der Waals surface area contributed by atoms with Crippen molar-refractivity contribution in [1.82, 2.24) is 35.0 Å². The molecule has 0 aliphatic rings. The van der Waals surface area contributed by atoms with Gasteiger partial charge < -0.3 is 5.32 Å². The lowest BCUT2D eigenvalue weighted by Gasteiger charge is -2.06. The first-order chi connectivity index (χ1) is 14.7. The number of carbonyl (C=O) groups excluding carboxylic acids is 1. The van der Waals surface area contributed by atoms with E-state index in [0.717, 1.165) is 5.56 Å². The predicted octanol–water partition coefficient (Wildman–Crippen LogP) is 2.97. The summed E-state index contributed by atoms with van der Waals surface area (Å²) in [5, 5.41) is 21.1. The summed E-state index contributed by atoms with van der Waals surface area (Å²) in [6, 6.07) is 14.2. The van der Waals surface area contributed by atoms with E-state index in [1.165, 1.54) is 29.2 Å². The van der Waals surface area contributed by atoms with E-state index in [9.17, 15) is 9.18 Å². The standard InChI is InChI=1S/C20H13FN8O/c21-14-11-29-17(25-19(28-29)12-5-2-1-3-6-12)9-16(14)24-20(30)18-13(10-23-27-18)15-7-4-8-22-26-15/h1-11H,(H,23,27)(H,24,30). The average Bonchev–Trinajstić information content (AvgIpc) is 3.42. The van der Waals surface area contributed by atoms with Crippen LogP contribution in [0.2, 0.25) is 0 Å². The van der Waals surface area contributed by atoms with Gasteiger partial charge in [-0.2, -0.15) is 15.3 Å². The summed E-state index contributed by atoms with van der Waals surface area (Å²) < 4.78 is 15.9. The molecule has 0 saturated carbocycles. The summed E-state index contributed by atoms with van der Waals surface area (Å²) in [4.78, 5) is 17.2. The van der Waals surface area contributed by atoms with E-state index in [2.05, 4.69) is 35.8 Å². The third-order valence-corrected chi connectivity index (χ3v) is 4.42. The van der Waals surface area contributed by atoms with Crippen LogP contribution in [0.5, 0.6) is 0 Å². The molecule has 0 bridgehead atoms. The molecule has 10 heteroatoms. The number of anilines is 1. The fraction of sp³-hybridized carbons (Fsp3) is 0. The first-order valence-electron chi connectivity index (χ1n) is 8.93. The molecule has 0 fully saturated rings. The van der Waals surface area contributed by atoms with Crippen molar-refractivity contribution in [1.29, 1.82) is 0 Å². The molecule has 0 aliphatic carbocycles. The number of H-pyrrole nitrogens is 1. The van der Waals surface area contributed by atoms with E-state index in [1.807, 2.05) is 30.3 Å². The summed E-state index contributed by atoms with van der Waals surface area (Å²) in [5.41, 5.74) is 2.23. The number of nitrogens with one attached hydrogen (secondary N) is 2. The topological polar surface area (TPSA) is 114 Å². The zero-order valence-electron chi connectivity index (χ0n) is 15.3. The van der Waals surface area contributed by atoms with E-state index in [4.69, 9.17) is 0 Å². The monoisotopic (exact) mass is 400 g/mol. The Morgan fingerprint density at radius 1 is 1.13 bits per heavy atom. The lowest BCUT2D eigenvalue weighted by Crippen LogP contribution is -2.15. The van der Waals surface area contributed by atoms with E-state index in [0.29, 0.717) is 22.7 Å². The summed E-state index contributed by atoms with van der Waals surface area (Å²) in [5.74, 6) is -0.767. The minimum absolute atomic E-state index is 0.0285. The minimum atomic E-state index is -0.652. The Labute approximate surface area is 168 Å². The highest BCUT2D eigenvalue weighted by Gasteiger charge is 2.19. The average molecular weight is 400 g/mol.